The Kier molecular flexibility index (Phi) is 4.42. The highest BCUT2D eigenvalue weighted by molar-refractivity contribution is 5.33. The predicted molar refractivity (Wildman–Crippen MR) is 82.4 cm³/mol. The third-order valence-electron chi connectivity index (χ3n) is 4.26. The van der Waals surface area contributed by atoms with Crippen molar-refractivity contribution in [3.05, 3.63) is 63.2 Å². The van der Waals surface area contributed by atoms with E-state index in [-0.39, 0.29) is 29.3 Å². The lowest BCUT2D eigenvalue weighted by molar-refractivity contribution is -0.128. The van der Waals surface area contributed by atoms with Crippen LogP contribution in [0.5, 0.6) is 5.75 Å². The van der Waals surface area contributed by atoms with Crippen molar-refractivity contribution < 1.29 is 29.9 Å². The van der Waals surface area contributed by atoms with Gasteiger partial charge in [-0.25, -0.2) is 0 Å². The van der Waals surface area contributed by atoms with Crippen molar-refractivity contribution in [1.82, 2.24) is 0 Å². The molecule has 1 heterocycles. The number of aliphatic hydroxyl groups is 4. The maximum atomic E-state index is 12.2. The minimum atomic E-state index is -1.66. The van der Waals surface area contributed by atoms with E-state index in [4.69, 9.17) is 4.42 Å². The van der Waals surface area contributed by atoms with Crippen LogP contribution in [-0.4, -0.2) is 37.7 Å². The molecule has 7 heteroatoms. The van der Waals surface area contributed by atoms with Crippen LogP contribution in [0, 0.1) is 0 Å². The van der Waals surface area contributed by atoms with E-state index in [1.54, 1.807) is 24.3 Å². The number of hydrogen-bond acceptors (Lipinski definition) is 7. The number of aryl methyl sites for hydroxylation is 2. The number of para-hydroxylation sites is 1. The van der Waals surface area contributed by atoms with Gasteiger partial charge in [0.15, 0.2) is 5.43 Å². The highest BCUT2D eigenvalue weighted by Gasteiger charge is 2.43. The summed E-state index contributed by atoms with van der Waals surface area (Å²) in [5.41, 5.74) is -0.151. The van der Waals surface area contributed by atoms with E-state index in [1.165, 1.54) is 6.07 Å². The third-order valence-corrected chi connectivity index (χ3v) is 4.26. The van der Waals surface area contributed by atoms with E-state index in [0.717, 1.165) is 0 Å². The molecule has 0 spiro atoms. The van der Waals surface area contributed by atoms with Gasteiger partial charge in [0.05, 0.1) is 5.56 Å². The zero-order valence-electron chi connectivity index (χ0n) is 12.7. The van der Waals surface area contributed by atoms with Gasteiger partial charge in [-0.05, 0) is 18.1 Å². The van der Waals surface area contributed by atoms with Crippen LogP contribution in [0.4, 0.5) is 0 Å². The molecule has 7 nitrogen and oxygen atoms in total. The molecule has 2 aromatic rings. The van der Waals surface area contributed by atoms with Crippen LogP contribution in [0.1, 0.15) is 34.9 Å². The molecule has 3 rings (SSSR count). The number of phenols is 1. The second-order valence-electron chi connectivity index (χ2n) is 5.85. The number of hydrogen-bond donors (Lipinski definition) is 5. The fourth-order valence-corrected chi connectivity index (χ4v) is 2.88. The van der Waals surface area contributed by atoms with Gasteiger partial charge < -0.3 is 29.9 Å². The van der Waals surface area contributed by atoms with Gasteiger partial charge >= 0.3 is 0 Å². The molecule has 0 radical (unpaired) electrons. The Balaban J connectivity index is 1.91. The first kappa shape index (κ1) is 16.7. The molecular formula is C17H18O7. The maximum Gasteiger partial charge on any atom is 0.191 e. The van der Waals surface area contributed by atoms with Crippen molar-refractivity contribution >= 4 is 0 Å². The largest absolute Gasteiger partial charge is 0.508 e. The zero-order valence-corrected chi connectivity index (χ0v) is 12.7. The van der Waals surface area contributed by atoms with Crippen LogP contribution in [0.2, 0.25) is 0 Å². The van der Waals surface area contributed by atoms with Gasteiger partial charge in [0.2, 0.25) is 0 Å². The maximum absolute atomic E-state index is 12.2. The standard InChI is InChI=1S/C17H18O7/c18-10-4-2-1-3-8(10)5-6-9-7-11(19)12-13(20)14(21)15(22)16(23)17(12)24-9/h1-4,7,13-16,18,20-23H,5-6H2/t13-,14+,15+,16-/m0/s1. The van der Waals surface area contributed by atoms with Gasteiger partial charge in [0.1, 0.15) is 41.7 Å². The molecule has 4 atom stereocenters. The second-order valence-corrected chi connectivity index (χ2v) is 5.85. The number of fused-ring (bicyclic) bond motifs is 1. The fraction of sp³-hybridized carbons (Fsp3) is 0.353. The molecule has 0 unspecified atom stereocenters. The lowest BCUT2D eigenvalue weighted by Gasteiger charge is -2.32. The van der Waals surface area contributed by atoms with E-state index < -0.39 is 29.8 Å². The normalized spacial score (nSPS) is 26.2. The number of phenolic OH excluding ortho intramolecular Hbond substituents is 1. The number of aliphatic hydroxyl groups excluding tert-OH is 4. The molecule has 1 aromatic heterocycles. The highest BCUT2D eigenvalue weighted by atomic mass is 16.4. The molecular weight excluding hydrogens is 316 g/mol. The molecule has 0 bridgehead atoms. The molecule has 0 saturated heterocycles. The first-order valence-corrected chi connectivity index (χ1v) is 7.56. The topological polar surface area (TPSA) is 131 Å². The summed E-state index contributed by atoms with van der Waals surface area (Å²) in [7, 11) is 0. The van der Waals surface area contributed by atoms with Gasteiger partial charge in [0.25, 0.3) is 0 Å². The predicted octanol–water partition coefficient (Wildman–Crippen LogP) is -0.0672. The Morgan fingerprint density at radius 1 is 0.958 bits per heavy atom. The van der Waals surface area contributed by atoms with Crippen molar-refractivity contribution in [1.29, 1.82) is 0 Å². The third kappa shape index (κ3) is 2.83. The number of rotatable bonds is 3. The van der Waals surface area contributed by atoms with E-state index in [2.05, 4.69) is 0 Å². The van der Waals surface area contributed by atoms with Gasteiger partial charge in [-0.1, -0.05) is 18.2 Å². The van der Waals surface area contributed by atoms with Crippen molar-refractivity contribution in [3.63, 3.8) is 0 Å². The van der Waals surface area contributed by atoms with Gasteiger partial charge in [-0.2, -0.15) is 0 Å². The summed E-state index contributed by atoms with van der Waals surface area (Å²) in [5, 5.41) is 49.1. The number of aromatic hydroxyl groups is 1. The second kappa shape index (κ2) is 6.37. The Bertz CT molecular complexity index is 798. The van der Waals surface area contributed by atoms with E-state index in [9.17, 15) is 30.3 Å². The van der Waals surface area contributed by atoms with E-state index >= 15 is 0 Å². The molecule has 0 aliphatic heterocycles. The van der Waals surface area contributed by atoms with Gasteiger partial charge in [0, 0.05) is 12.5 Å². The lowest BCUT2D eigenvalue weighted by Crippen LogP contribution is -2.44. The first-order valence-electron chi connectivity index (χ1n) is 7.56. The highest BCUT2D eigenvalue weighted by Crippen LogP contribution is 2.35. The van der Waals surface area contributed by atoms with Crippen LogP contribution in [0.3, 0.4) is 0 Å². The van der Waals surface area contributed by atoms with Crippen LogP contribution in [0.15, 0.2) is 39.5 Å². The van der Waals surface area contributed by atoms with E-state index in [0.29, 0.717) is 12.0 Å². The average Bonchev–Trinajstić information content (AvgIpc) is 2.57. The van der Waals surface area contributed by atoms with Crippen LogP contribution >= 0.6 is 0 Å². The summed E-state index contributed by atoms with van der Waals surface area (Å²) >= 11 is 0. The Morgan fingerprint density at radius 3 is 2.33 bits per heavy atom. The minimum Gasteiger partial charge on any atom is -0.508 e. The Labute approximate surface area is 137 Å². The summed E-state index contributed by atoms with van der Waals surface area (Å²) in [5.74, 6) is 0.142. The minimum absolute atomic E-state index is 0.131. The molecule has 0 amide bonds. The lowest BCUT2D eigenvalue weighted by atomic mass is 9.87. The summed E-state index contributed by atoms with van der Waals surface area (Å²) in [6, 6.07) is 7.94. The quantitative estimate of drug-likeness (QED) is 0.531. The molecule has 5 N–H and O–H groups in total. The van der Waals surface area contributed by atoms with Gasteiger partial charge in [-0.3, -0.25) is 4.79 Å². The zero-order chi connectivity index (χ0) is 17.4. The van der Waals surface area contributed by atoms with Crippen LogP contribution in [0.25, 0.3) is 0 Å². The van der Waals surface area contributed by atoms with Gasteiger partial charge in [-0.15, -0.1) is 0 Å². The molecule has 24 heavy (non-hydrogen) atoms. The van der Waals surface area contributed by atoms with Crippen molar-refractivity contribution in [2.75, 3.05) is 0 Å². The molecule has 0 saturated carbocycles. The fourth-order valence-electron chi connectivity index (χ4n) is 2.88. The van der Waals surface area contributed by atoms with E-state index in [1.807, 2.05) is 0 Å². The summed E-state index contributed by atoms with van der Waals surface area (Å²) < 4.78 is 5.48. The SMILES string of the molecule is O=c1cc(CCc2ccccc2O)oc2c1[C@H](O)[C@@H](O)[C@@H](O)[C@@H]2O. The summed E-state index contributed by atoms with van der Waals surface area (Å²) in [6.45, 7) is 0. The Morgan fingerprint density at radius 2 is 1.62 bits per heavy atom. The van der Waals surface area contributed by atoms with Crippen molar-refractivity contribution in [3.8, 4) is 5.75 Å². The smallest absolute Gasteiger partial charge is 0.191 e. The average molecular weight is 334 g/mol. The summed E-state index contributed by atoms with van der Waals surface area (Å²) in [6.07, 6.45) is -5.86. The number of benzene rings is 1. The monoisotopic (exact) mass is 334 g/mol. The molecule has 128 valence electrons. The molecule has 0 fully saturated rings. The Hall–Kier alpha value is -2.19. The first-order chi connectivity index (χ1) is 11.4. The van der Waals surface area contributed by atoms with Crippen molar-refractivity contribution in [2.24, 2.45) is 0 Å². The molecule has 1 aromatic carbocycles. The molecule has 1 aliphatic carbocycles. The summed E-state index contributed by atoms with van der Waals surface area (Å²) in [4.78, 5) is 12.2. The van der Waals surface area contributed by atoms with Crippen LogP contribution < -0.4 is 5.43 Å². The van der Waals surface area contributed by atoms with Crippen LogP contribution in [-0.2, 0) is 12.8 Å². The molecule has 1 aliphatic rings. The van der Waals surface area contributed by atoms with Crippen molar-refractivity contribution in [2.45, 2.75) is 37.3 Å².